The second-order valence-corrected chi connectivity index (χ2v) is 7.40. The highest BCUT2D eigenvalue weighted by molar-refractivity contribution is 7.93. The van der Waals surface area contributed by atoms with Crippen LogP contribution in [-0.4, -0.2) is 42.0 Å². The molecule has 1 aromatic heterocycles. The van der Waals surface area contributed by atoms with E-state index in [1.807, 2.05) is 0 Å². The second-order valence-electron chi connectivity index (χ2n) is 4.92. The van der Waals surface area contributed by atoms with E-state index in [-0.39, 0.29) is 16.0 Å². The standard InChI is InChI=1S/C14H15ClFN3O3S2/c15-10-5-13(24(20)19-14-17-1-4-23-14)11(16)6-12(10)18-7-9-8-21-2-3-22-9/h1,4-6,9,18H,2-3,7-8H2,(H,17,19). The number of hydrogen-bond acceptors (Lipinski definition) is 7. The summed E-state index contributed by atoms with van der Waals surface area (Å²) in [5.41, 5.74) is 0.415. The first-order valence-corrected chi connectivity index (χ1v) is 9.54. The fraction of sp³-hybridized carbons (Fsp3) is 0.357. The average molecular weight is 392 g/mol. The lowest BCUT2D eigenvalue weighted by Crippen LogP contribution is -2.34. The van der Waals surface area contributed by atoms with E-state index in [2.05, 4.69) is 15.0 Å². The van der Waals surface area contributed by atoms with Crippen molar-refractivity contribution in [2.24, 2.45) is 0 Å². The van der Waals surface area contributed by atoms with Gasteiger partial charge in [-0.1, -0.05) is 11.6 Å². The van der Waals surface area contributed by atoms with Gasteiger partial charge in [-0.3, -0.25) is 0 Å². The lowest BCUT2D eigenvalue weighted by molar-refractivity contribution is -0.0818. The van der Waals surface area contributed by atoms with E-state index >= 15 is 0 Å². The number of halogens is 2. The highest BCUT2D eigenvalue weighted by atomic mass is 35.5. The number of thiazole rings is 1. The fourth-order valence-corrected chi connectivity index (χ4v) is 3.96. The summed E-state index contributed by atoms with van der Waals surface area (Å²) >= 11 is 5.66. The Balaban J connectivity index is 1.66. The minimum absolute atomic E-state index is 0.0296. The van der Waals surface area contributed by atoms with Crippen molar-refractivity contribution in [1.29, 1.82) is 0 Å². The summed E-state index contributed by atoms with van der Waals surface area (Å²) in [4.78, 5) is 3.92. The minimum Gasteiger partial charge on any atom is -0.588 e. The molecule has 2 heterocycles. The Kier molecular flexibility index (Phi) is 6.14. The normalized spacial score (nSPS) is 19.0. The number of nitrogens with zero attached hydrogens (tertiary/aromatic N) is 1. The van der Waals surface area contributed by atoms with Crippen molar-refractivity contribution in [3.63, 3.8) is 0 Å². The van der Waals surface area contributed by atoms with Gasteiger partial charge in [-0.2, -0.15) is 4.72 Å². The molecule has 6 nitrogen and oxygen atoms in total. The van der Waals surface area contributed by atoms with E-state index in [0.717, 1.165) is 0 Å². The number of hydrogen-bond donors (Lipinski definition) is 2. The second kappa shape index (κ2) is 8.32. The maximum atomic E-state index is 14.3. The van der Waals surface area contributed by atoms with Crippen molar-refractivity contribution >= 4 is 45.1 Å². The molecule has 2 N–H and O–H groups in total. The molecule has 1 aliphatic rings. The SMILES string of the molecule is [O-][S+](Nc1nccs1)c1cc(Cl)c(NCC2COCCO2)cc1F. The fourth-order valence-electron chi connectivity index (χ4n) is 2.09. The molecule has 1 fully saturated rings. The topological polar surface area (TPSA) is 78.5 Å². The molecule has 0 saturated carbocycles. The van der Waals surface area contributed by atoms with Crippen molar-refractivity contribution in [1.82, 2.24) is 4.98 Å². The van der Waals surface area contributed by atoms with Gasteiger partial charge in [0.15, 0.2) is 5.82 Å². The van der Waals surface area contributed by atoms with Crippen LogP contribution in [-0.2, 0) is 20.8 Å². The van der Waals surface area contributed by atoms with Crippen molar-refractivity contribution in [2.45, 2.75) is 11.0 Å². The summed E-state index contributed by atoms with van der Waals surface area (Å²) in [6.07, 6.45) is 1.45. The maximum absolute atomic E-state index is 14.3. The van der Waals surface area contributed by atoms with Crippen LogP contribution in [0, 0.1) is 5.82 Å². The number of rotatable bonds is 6. The van der Waals surface area contributed by atoms with Crippen molar-refractivity contribution in [2.75, 3.05) is 36.4 Å². The Hall–Kier alpha value is -1.10. The zero-order valence-electron chi connectivity index (χ0n) is 12.5. The van der Waals surface area contributed by atoms with E-state index in [9.17, 15) is 8.94 Å². The first-order valence-electron chi connectivity index (χ1n) is 7.13. The summed E-state index contributed by atoms with van der Waals surface area (Å²) in [5, 5.41) is 5.48. The molecular weight excluding hydrogens is 377 g/mol. The predicted molar refractivity (Wildman–Crippen MR) is 92.6 cm³/mol. The Morgan fingerprint density at radius 2 is 2.33 bits per heavy atom. The molecule has 24 heavy (non-hydrogen) atoms. The Bertz CT molecular complexity index is 672. The first-order chi connectivity index (χ1) is 11.6. The van der Waals surface area contributed by atoms with Gasteiger partial charge in [0.05, 0.1) is 36.6 Å². The summed E-state index contributed by atoms with van der Waals surface area (Å²) in [7, 11) is 0. The Morgan fingerprint density at radius 3 is 3.04 bits per heavy atom. The van der Waals surface area contributed by atoms with Gasteiger partial charge in [-0.05, 0) is 0 Å². The Labute approximate surface area is 150 Å². The van der Waals surface area contributed by atoms with Crippen molar-refractivity contribution in [3.8, 4) is 0 Å². The van der Waals surface area contributed by atoms with E-state index in [1.54, 1.807) is 11.6 Å². The lowest BCUT2D eigenvalue weighted by Gasteiger charge is -2.23. The van der Waals surface area contributed by atoms with E-state index in [4.69, 9.17) is 21.1 Å². The molecule has 0 spiro atoms. The highest BCUT2D eigenvalue weighted by Crippen LogP contribution is 2.29. The van der Waals surface area contributed by atoms with Crippen LogP contribution >= 0.6 is 22.9 Å². The molecule has 0 radical (unpaired) electrons. The van der Waals surface area contributed by atoms with E-state index < -0.39 is 17.2 Å². The molecule has 0 amide bonds. The Morgan fingerprint density at radius 1 is 1.46 bits per heavy atom. The molecule has 0 bridgehead atoms. The number of nitrogens with one attached hydrogen (secondary N) is 2. The molecule has 130 valence electrons. The van der Waals surface area contributed by atoms with Crippen molar-refractivity contribution < 1.29 is 18.4 Å². The summed E-state index contributed by atoms with van der Waals surface area (Å²) in [6, 6.07) is 2.57. The van der Waals surface area contributed by atoms with Gasteiger partial charge in [0.2, 0.25) is 10.0 Å². The van der Waals surface area contributed by atoms with Gasteiger partial charge in [0.1, 0.15) is 11.4 Å². The largest absolute Gasteiger partial charge is 0.588 e. The molecule has 10 heteroatoms. The molecule has 2 aromatic rings. The number of benzene rings is 1. The van der Waals surface area contributed by atoms with Crippen LogP contribution in [0.1, 0.15) is 0 Å². The third-order valence-corrected chi connectivity index (χ3v) is 5.46. The molecule has 0 aliphatic carbocycles. The van der Waals surface area contributed by atoms with Crippen LogP contribution in [0.4, 0.5) is 15.2 Å². The van der Waals surface area contributed by atoms with Crippen LogP contribution in [0.15, 0.2) is 28.6 Å². The summed E-state index contributed by atoms with van der Waals surface area (Å²) in [5.74, 6) is -0.620. The number of ether oxygens (including phenoxy) is 2. The van der Waals surface area contributed by atoms with Gasteiger partial charge in [-0.15, -0.1) is 11.3 Å². The van der Waals surface area contributed by atoms with Gasteiger partial charge in [0.25, 0.3) is 0 Å². The monoisotopic (exact) mass is 391 g/mol. The van der Waals surface area contributed by atoms with E-state index in [1.165, 1.54) is 23.5 Å². The van der Waals surface area contributed by atoms with Gasteiger partial charge in [-0.25, -0.2) is 9.37 Å². The molecule has 2 unspecified atom stereocenters. The highest BCUT2D eigenvalue weighted by Gasteiger charge is 2.22. The lowest BCUT2D eigenvalue weighted by atomic mass is 10.3. The third kappa shape index (κ3) is 4.50. The van der Waals surface area contributed by atoms with Crippen LogP contribution in [0.3, 0.4) is 0 Å². The van der Waals surface area contributed by atoms with Gasteiger partial charge in [0, 0.05) is 30.3 Å². The third-order valence-electron chi connectivity index (χ3n) is 3.24. The number of anilines is 2. The van der Waals surface area contributed by atoms with Crippen LogP contribution in [0.25, 0.3) is 0 Å². The minimum atomic E-state index is -1.79. The summed E-state index contributed by atoms with van der Waals surface area (Å²) < 4.78 is 39.9. The van der Waals surface area contributed by atoms with E-state index in [0.29, 0.717) is 37.2 Å². The quantitative estimate of drug-likeness (QED) is 0.737. The predicted octanol–water partition coefficient (Wildman–Crippen LogP) is 2.90. The van der Waals surface area contributed by atoms with Crippen molar-refractivity contribution in [3.05, 3.63) is 34.5 Å². The zero-order valence-corrected chi connectivity index (χ0v) is 14.8. The van der Waals surface area contributed by atoms with Gasteiger partial charge < -0.3 is 19.3 Å². The van der Waals surface area contributed by atoms with Crippen LogP contribution in [0.5, 0.6) is 0 Å². The zero-order chi connectivity index (χ0) is 16.9. The molecule has 3 rings (SSSR count). The van der Waals surface area contributed by atoms with Crippen LogP contribution in [0.2, 0.25) is 5.02 Å². The molecular formula is C14H15ClFN3O3S2. The number of aromatic nitrogens is 1. The molecule has 2 atom stereocenters. The smallest absolute Gasteiger partial charge is 0.226 e. The average Bonchev–Trinajstić information content (AvgIpc) is 3.09. The van der Waals surface area contributed by atoms with Crippen LogP contribution < -0.4 is 10.0 Å². The summed E-state index contributed by atoms with van der Waals surface area (Å²) in [6.45, 7) is 2.04. The molecule has 1 saturated heterocycles. The van der Waals surface area contributed by atoms with Gasteiger partial charge >= 0.3 is 0 Å². The maximum Gasteiger partial charge on any atom is 0.226 e. The molecule has 1 aromatic carbocycles. The molecule has 1 aliphatic heterocycles. The first kappa shape index (κ1) is 17.7.